The molecule has 130 valence electrons. The number of carbonyl (C=O) groups excluding carboxylic acids is 2. The Labute approximate surface area is 143 Å². The lowest BCUT2D eigenvalue weighted by molar-refractivity contribution is -0.123. The first-order chi connectivity index (χ1) is 11.6. The van der Waals surface area contributed by atoms with Crippen LogP contribution in [0.5, 0.6) is 5.75 Å². The van der Waals surface area contributed by atoms with Gasteiger partial charge in [0.1, 0.15) is 5.75 Å². The summed E-state index contributed by atoms with van der Waals surface area (Å²) in [4.78, 5) is 28.7. The predicted octanol–water partition coefficient (Wildman–Crippen LogP) is 2.98. The summed E-state index contributed by atoms with van der Waals surface area (Å²) in [5, 5.41) is 0. The van der Waals surface area contributed by atoms with Crippen LogP contribution in [-0.4, -0.2) is 42.5 Å². The van der Waals surface area contributed by atoms with Crippen LogP contribution >= 0.6 is 0 Å². The van der Waals surface area contributed by atoms with Gasteiger partial charge in [-0.2, -0.15) is 0 Å². The fraction of sp³-hybridized carbons (Fsp3) is 0.579. The summed E-state index contributed by atoms with van der Waals surface area (Å²) < 4.78 is 5.42. The van der Waals surface area contributed by atoms with Gasteiger partial charge in [-0.3, -0.25) is 14.5 Å². The maximum Gasteiger partial charge on any atom is 0.251 e. The summed E-state index contributed by atoms with van der Waals surface area (Å²) in [6.07, 6.45) is 6.23. The molecule has 1 aliphatic heterocycles. The zero-order valence-electron chi connectivity index (χ0n) is 14.5. The minimum absolute atomic E-state index is 0.0998. The van der Waals surface area contributed by atoms with Crippen LogP contribution in [0.4, 0.5) is 5.69 Å². The van der Waals surface area contributed by atoms with Crippen molar-refractivity contribution in [3.63, 3.8) is 0 Å². The zero-order valence-corrected chi connectivity index (χ0v) is 14.5. The van der Waals surface area contributed by atoms with Gasteiger partial charge in [0.15, 0.2) is 0 Å². The molecule has 1 saturated heterocycles. The molecule has 1 aliphatic carbocycles. The molecule has 0 aromatic heterocycles. The van der Waals surface area contributed by atoms with Gasteiger partial charge in [-0.1, -0.05) is 19.3 Å². The van der Waals surface area contributed by atoms with E-state index in [1.807, 2.05) is 14.0 Å². The summed E-state index contributed by atoms with van der Waals surface area (Å²) in [7, 11) is 1.99. The van der Waals surface area contributed by atoms with E-state index in [1.54, 1.807) is 24.3 Å². The fourth-order valence-corrected chi connectivity index (χ4v) is 3.81. The number of anilines is 1. The van der Waals surface area contributed by atoms with Gasteiger partial charge in [-0.15, -0.1) is 0 Å². The topological polar surface area (TPSA) is 49.9 Å². The van der Waals surface area contributed by atoms with Crippen LogP contribution in [0.15, 0.2) is 24.3 Å². The van der Waals surface area contributed by atoms with Gasteiger partial charge in [0.05, 0.1) is 24.8 Å². The largest absolute Gasteiger partial charge is 0.494 e. The molecule has 1 heterocycles. The van der Waals surface area contributed by atoms with Crippen LogP contribution in [0.1, 0.15) is 45.4 Å². The molecule has 2 fully saturated rings. The van der Waals surface area contributed by atoms with Crippen molar-refractivity contribution in [2.24, 2.45) is 0 Å². The molecular weight excluding hydrogens is 304 g/mol. The highest BCUT2D eigenvalue weighted by molar-refractivity contribution is 6.22. The minimum atomic E-state index is -0.327. The molecule has 5 nitrogen and oxygen atoms in total. The molecule has 1 aromatic carbocycles. The van der Waals surface area contributed by atoms with Crippen molar-refractivity contribution in [3.05, 3.63) is 24.3 Å². The van der Waals surface area contributed by atoms with E-state index in [1.165, 1.54) is 24.2 Å². The van der Waals surface area contributed by atoms with Crippen LogP contribution in [0.2, 0.25) is 0 Å². The number of amides is 2. The fourth-order valence-electron chi connectivity index (χ4n) is 3.81. The van der Waals surface area contributed by atoms with E-state index in [0.717, 1.165) is 18.6 Å². The third-order valence-electron chi connectivity index (χ3n) is 5.17. The molecule has 0 N–H and O–H groups in total. The molecule has 2 aliphatic rings. The smallest absolute Gasteiger partial charge is 0.251 e. The van der Waals surface area contributed by atoms with E-state index in [9.17, 15) is 9.59 Å². The van der Waals surface area contributed by atoms with Crippen LogP contribution in [-0.2, 0) is 9.59 Å². The molecular formula is C19H26N2O3. The second-order valence-corrected chi connectivity index (χ2v) is 6.67. The lowest BCUT2D eigenvalue weighted by atomic mass is 9.93. The summed E-state index contributed by atoms with van der Waals surface area (Å²) >= 11 is 0. The normalized spacial score (nSPS) is 22.5. The summed E-state index contributed by atoms with van der Waals surface area (Å²) in [6.45, 7) is 2.52. The Kier molecular flexibility index (Phi) is 5.19. The first-order valence-electron chi connectivity index (χ1n) is 8.93. The molecule has 3 rings (SSSR count). The first kappa shape index (κ1) is 17.0. The van der Waals surface area contributed by atoms with E-state index in [0.29, 0.717) is 18.3 Å². The average molecular weight is 330 g/mol. The van der Waals surface area contributed by atoms with Gasteiger partial charge in [0.2, 0.25) is 5.91 Å². The molecule has 2 amide bonds. The highest BCUT2D eigenvalue weighted by Crippen LogP contribution is 2.30. The first-order valence-corrected chi connectivity index (χ1v) is 8.93. The Morgan fingerprint density at radius 3 is 2.42 bits per heavy atom. The number of nitrogens with zero attached hydrogens (tertiary/aromatic N) is 2. The minimum Gasteiger partial charge on any atom is -0.494 e. The molecule has 5 heteroatoms. The lowest BCUT2D eigenvalue weighted by Gasteiger charge is -2.34. The highest BCUT2D eigenvalue weighted by atomic mass is 16.5. The summed E-state index contributed by atoms with van der Waals surface area (Å²) in [5.41, 5.74) is 0.632. The average Bonchev–Trinajstić information content (AvgIpc) is 2.91. The van der Waals surface area contributed by atoms with Gasteiger partial charge in [-0.25, -0.2) is 4.90 Å². The van der Waals surface area contributed by atoms with Crippen LogP contribution in [0.25, 0.3) is 0 Å². The number of ether oxygens (including phenoxy) is 1. The third-order valence-corrected chi connectivity index (χ3v) is 5.17. The van der Waals surface area contributed by atoms with Crippen molar-refractivity contribution in [1.82, 2.24) is 4.90 Å². The van der Waals surface area contributed by atoms with Crippen molar-refractivity contribution in [3.8, 4) is 5.75 Å². The molecule has 0 spiro atoms. The quantitative estimate of drug-likeness (QED) is 0.779. The van der Waals surface area contributed by atoms with Crippen molar-refractivity contribution < 1.29 is 14.3 Å². The third kappa shape index (κ3) is 3.31. The van der Waals surface area contributed by atoms with Gasteiger partial charge in [0.25, 0.3) is 5.91 Å². The van der Waals surface area contributed by atoms with Gasteiger partial charge in [-0.05, 0) is 51.1 Å². The van der Waals surface area contributed by atoms with Crippen LogP contribution < -0.4 is 9.64 Å². The molecule has 1 aromatic rings. The Morgan fingerprint density at radius 1 is 1.12 bits per heavy atom. The van der Waals surface area contributed by atoms with Crippen molar-refractivity contribution >= 4 is 17.5 Å². The number of hydrogen-bond acceptors (Lipinski definition) is 4. The van der Waals surface area contributed by atoms with Gasteiger partial charge in [0, 0.05) is 6.04 Å². The van der Waals surface area contributed by atoms with E-state index >= 15 is 0 Å². The molecule has 24 heavy (non-hydrogen) atoms. The highest BCUT2D eigenvalue weighted by Gasteiger charge is 2.43. The molecule has 0 radical (unpaired) electrons. The Balaban J connectivity index is 1.73. The standard InChI is InChI=1S/C19H26N2O3/c1-3-24-16-11-9-15(10-12-16)21-18(22)13-17(19(21)23)20(2)14-7-5-4-6-8-14/h9-12,14,17H,3-8,13H2,1-2H3. The number of rotatable bonds is 5. The Bertz CT molecular complexity index is 593. The van der Waals surface area contributed by atoms with E-state index in [4.69, 9.17) is 4.74 Å². The van der Waals surface area contributed by atoms with Crippen molar-refractivity contribution in [2.45, 2.75) is 57.5 Å². The molecule has 1 unspecified atom stereocenters. The van der Waals surface area contributed by atoms with Crippen LogP contribution in [0.3, 0.4) is 0 Å². The Hall–Kier alpha value is -1.88. The second-order valence-electron chi connectivity index (χ2n) is 6.67. The Morgan fingerprint density at radius 2 is 1.79 bits per heavy atom. The number of benzene rings is 1. The van der Waals surface area contributed by atoms with E-state index in [-0.39, 0.29) is 24.3 Å². The maximum atomic E-state index is 12.8. The summed E-state index contributed by atoms with van der Waals surface area (Å²) in [6, 6.07) is 7.26. The predicted molar refractivity (Wildman–Crippen MR) is 93.1 cm³/mol. The number of likely N-dealkylation sites (N-methyl/N-ethyl adjacent to an activating group) is 1. The molecule has 1 atom stereocenters. The zero-order chi connectivity index (χ0) is 17.1. The van der Waals surface area contributed by atoms with E-state index < -0.39 is 0 Å². The number of imide groups is 1. The summed E-state index contributed by atoms with van der Waals surface area (Å²) in [5.74, 6) is 0.533. The number of hydrogen-bond donors (Lipinski definition) is 0. The van der Waals surface area contributed by atoms with Crippen LogP contribution in [0, 0.1) is 0 Å². The molecule has 1 saturated carbocycles. The molecule has 0 bridgehead atoms. The second kappa shape index (κ2) is 7.34. The SMILES string of the molecule is CCOc1ccc(N2C(=O)CC(N(C)C3CCCCC3)C2=O)cc1. The van der Waals surface area contributed by atoms with Gasteiger partial charge >= 0.3 is 0 Å². The lowest BCUT2D eigenvalue weighted by Crippen LogP contribution is -2.45. The monoisotopic (exact) mass is 330 g/mol. The maximum absolute atomic E-state index is 12.8. The van der Waals surface area contributed by atoms with E-state index in [2.05, 4.69) is 4.90 Å². The van der Waals surface area contributed by atoms with Crippen molar-refractivity contribution in [1.29, 1.82) is 0 Å². The van der Waals surface area contributed by atoms with Crippen molar-refractivity contribution in [2.75, 3.05) is 18.6 Å². The van der Waals surface area contributed by atoms with Gasteiger partial charge < -0.3 is 4.74 Å². The number of carbonyl (C=O) groups is 2.